The summed E-state index contributed by atoms with van der Waals surface area (Å²) < 4.78 is 38.8. The summed E-state index contributed by atoms with van der Waals surface area (Å²) in [6, 6.07) is 9.03. The van der Waals surface area contributed by atoms with Crippen LogP contribution in [0, 0.1) is 6.92 Å². The van der Waals surface area contributed by atoms with Gasteiger partial charge < -0.3 is 9.91 Å². The minimum Gasteiger partial charge on any atom is -0.305 e. The van der Waals surface area contributed by atoms with E-state index in [0.717, 1.165) is 34.5 Å². The lowest BCUT2D eigenvalue weighted by atomic mass is 10.1. The molecule has 0 bridgehead atoms. The second-order valence-electron chi connectivity index (χ2n) is 8.04. The number of rotatable bonds is 2. The van der Waals surface area contributed by atoms with E-state index in [2.05, 4.69) is 15.4 Å². The quantitative estimate of drug-likeness (QED) is 0.653. The minimum atomic E-state index is -4.41. The highest BCUT2D eigenvalue weighted by molar-refractivity contribution is 6.07. The van der Waals surface area contributed by atoms with Crippen LogP contribution in [-0.2, 0) is 11.0 Å². The maximum absolute atomic E-state index is 13.1. The molecule has 0 spiro atoms. The van der Waals surface area contributed by atoms with Crippen LogP contribution in [0.25, 0.3) is 22.3 Å². The molecule has 32 heavy (non-hydrogen) atoms. The number of nitrogens with zero attached hydrogens (tertiary/aromatic N) is 4. The van der Waals surface area contributed by atoms with E-state index in [0.29, 0.717) is 42.1 Å². The van der Waals surface area contributed by atoms with E-state index < -0.39 is 11.7 Å². The van der Waals surface area contributed by atoms with Gasteiger partial charge in [0.15, 0.2) is 5.82 Å². The maximum atomic E-state index is 13.1. The SMILES string of the molecule is CC1=C2C(=O)N(c3ccc(-c4ncc5cc(C(F)(F)F)ccc5n4)cc3C)CCN2NC1. The van der Waals surface area contributed by atoms with E-state index in [1.54, 1.807) is 4.90 Å². The lowest BCUT2D eigenvalue weighted by Gasteiger charge is -2.35. The van der Waals surface area contributed by atoms with Crippen LogP contribution in [-0.4, -0.2) is 40.5 Å². The number of aryl methyl sites for hydroxylation is 1. The number of piperazine rings is 1. The van der Waals surface area contributed by atoms with Gasteiger partial charge in [-0.2, -0.15) is 13.2 Å². The van der Waals surface area contributed by atoms with Crippen molar-refractivity contribution < 1.29 is 18.0 Å². The Bertz CT molecular complexity index is 1280. The normalized spacial score (nSPS) is 16.8. The van der Waals surface area contributed by atoms with Crippen LogP contribution < -0.4 is 10.3 Å². The van der Waals surface area contributed by atoms with Crippen molar-refractivity contribution in [1.82, 2.24) is 20.4 Å². The molecule has 9 heteroatoms. The zero-order valence-corrected chi connectivity index (χ0v) is 17.5. The number of aromatic nitrogens is 2. The fourth-order valence-corrected chi connectivity index (χ4v) is 4.20. The molecule has 1 saturated heterocycles. The first-order chi connectivity index (χ1) is 15.2. The molecule has 2 aliphatic rings. The monoisotopic (exact) mass is 439 g/mol. The number of anilines is 1. The third kappa shape index (κ3) is 3.38. The average molecular weight is 439 g/mol. The van der Waals surface area contributed by atoms with E-state index in [1.165, 1.54) is 12.3 Å². The third-order valence-electron chi connectivity index (χ3n) is 5.86. The van der Waals surface area contributed by atoms with Gasteiger partial charge in [0.05, 0.1) is 17.6 Å². The first-order valence-corrected chi connectivity index (χ1v) is 10.2. The summed E-state index contributed by atoms with van der Waals surface area (Å²) in [5.74, 6) is 0.388. The molecule has 0 saturated carbocycles. The Hall–Kier alpha value is -3.46. The molecule has 1 amide bonds. The summed E-state index contributed by atoms with van der Waals surface area (Å²) in [5.41, 5.74) is 7.10. The van der Waals surface area contributed by atoms with Crippen LogP contribution in [0.4, 0.5) is 18.9 Å². The number of amides is 1. The van der Waals surface area contributed by atoms with Crippen molar-refractivity contribution in [3.05, 3.63) is 65.0 Å². The van der Waals surface area contributed by atoms with Gasteiger partial charge in [-0.25, -0.2) is 15.4 Å². The van der Waals surface area contributed by atoms with Gasteiger partial charge in [-0.3, -0.25) is 4.79 Å². The molecule has 0 atom stereocenters. The molecule has 0 aliphatic carbocycles. The van der Waals surface area contributed by atoms with Gasteiger partial charge in [0, 0.05) is 35.9 Å². The Morgan fingerprint density at radius 2 is 1.88 bits per heavy atom. The van der Waals surface area contributed by atoms with Crippen LogP contribution in [0.2, 0.25) is 0 Å². The standard InChI is InChI=1S/C23H20F3N5O/c1-13-9-15(21-27-12-16-10-17(23(24,25)26)4-5-18(16)29-21)3-6-19(13)30-7-8-31-20(22(30)32)14(2)11-28-31/h3-6,9-10,12,28H,7-8,11H2,1-2H3. The topological polar surface area (TPSA) is 61.4 Å². The predicted octanol–water partition coefficient (Wildman–Crippen LogP) is 4.06. The molecule has 2 aromatic carbocycles. The van der Waals surface area contributed by atoms with Crippen molar-refractivity contribution in [2.24, 2.45) is 0 Å². The van der Waals surface area contributed by atoms with Gasteiger partial charge in [-0.15, -0.1) is 0 Å². The molecular weight excluding hydrogens is 419 g/mol. The smallest absolute Gasteiger partial charge is 0.305 e. The van der Waals surface area contributed by atoms with Crippen molar-refractivity contribution in [2.75, 3.05) is 24.5 Å². The second kappa shape index (κ2) is 7.30. The highest BCUT2D eigenvalue weighted by Gasteiger charge is 2.35. The largest absolute Gasteiger partial charge is 0.416 e. The number of hydrogen-bond donors (Lipinski definition) is 1. The number of hydrogen-bond acceptors (Lipinski definition) is 5. The predicted molar refractivity (Wildman–Crippen MR) is 114 cm³/mol. The van der Waals surface area contributed by atoms with Gasteiger partial charge in [-0.1, -0.05) is 0 Å². The van der Waals surface area contributed by atoms with Gasteiger partial charge >= 0.3 is 6.18 Å². The van der Waals surface area contributed by atoms with Crippen LogP contribution in [0.3, 0.4) is 0 Å². The number of benzene rings is 2. The summed E-state index contributed by atoms with van der Waals surface area (Å²) in [6.45, 7) is 5.82. The molecule has 2 aliphatic heterocycles. The van der Waals surface area contributed by atoms with E-state index in [-0.39, 0.29) is 5.91 Å². The molecule has 3 aromatic rings. The summed E-state index contributed by atoms with van der Waals surface area (Å²) >= 11 is 0. The number of nitrogens with one attached hydrogen (secondary N) is 1. The molecule has 1 N–H and O–H groups in total. The first kappa shape index (κ1) is 20.4. The number of fused-ring (bicyclic) bond motifs is 2. The first-order valence-electron chi connectivity index (χ1n) is 10.2. The lowest BCUT2D eigenvalue weighted by Crippen LogP contribution is -2.50. The molecule has 0 unspecified atom stereocenters. The van der Waals surface area contributed by atoms with Crippen molar-refractivity contribution in [3.63, 3.8) is 0 Å². The molecule has 3 heterocycles. The van der Waals surface area contributed by atoms with E-state index in [9.17, 15) is 18.0 Å². The van der Waals surface area contributed by atoms with Gasteiger partial charge in [0.2, 0.25) is 0 Å². The van der Waals surface area contributed by atoms with Crippen LogP contribution >= 0.6 is 0 Å². The molecule has 1 fully saturated rings. The van der Waals surface area contributed by atoms with Crippen molar-refractivity contribution >= 4 is 22.5 Å². The molecular formula is C23H20F3N5O. The van der Waals surface area contributed by atoms with Crippen molar-refractivity contribution in [1.29, 1.82) is 0 Å². The Kier molecular flexibility index (Phi) is 4.67. The van der Waals surface area contributed by atoms with E-state index in [4.69, 9.17) is 0 Å². The van der Waals surface area contributed by atoms with Gasteiger partial charge in [-0.05, 0) is 61.4 Å². The number of carbonyl (C=O) groups excluding carboxylic acids is 1. The number of hydrazine groups is 1. The summed E-state index contributed by atoms with van der Waals surface area (Å²) in [7, 11) is 0. The summed E-state index contributed by atoms with van der Waals surface area (Å²) in [6.07, 6.45) is -3.01. The van der Waals surface area contributed by atoms with Gasteiger partial charge in [0.1, 0.15) is 5.70 Å². The fraction of sp³-hybridized carbons (Fsp3) is 0.261. The third-order valence-corrected chi connectivity index (χ3v) is 5.86. The molecule has 164 valence electrons. The number of halogens is 3. The summed E-state index contributed by atoms with van der Waals surface area (Å²) in [5, 5.41) is 2.24. The molecule has 0 radical (unpaired) electrons. The highest BCUT2D eigenvalue weighted by atomic mass is 19.4. The molecule has 6 nitrogen and oxygen atoms in total. The second-order valence-corrected chi connectivity index (χ2v) is 8.04. The van der Waals surface area contributed by atoms with E-state index >= 15 is 0 Å². The molecule has 1 aromatic heterocycles. The van der Waals surface area contributed by atoms with Gasteiger partial charge in [0.25, 0.3) is 5.91 Å². The Balaban J connectivity index is 1.46. The Morgan fingerprint density at radius 3 is 2.62 bits per heavy atom. The number of alkyl halides is 3. The van der Waals surface area contributed by atoms with Crippen molar-refractivity contribution in [3.8, 4) is 11.4 Å². The lowest BCUT2D eigenvalue weighted by molar-refractivity contribution is -0.137. The number of carbonyl (C=O) groups is 1. The van der Waals surface area contributed by atoms with Crippen LogP contribution in [0.15, 0.2) is 53.9 Å². The zero-order valence-electron chi connectivity index (χ0n) is 17.5. The van der Waals surface area contributed by atoms with Crippen LogP contribution in [0.1, 0.15) is 18.1 Å². The van der Waals surface area contributed by atoms with E-state index in [1.807, 2.05) is 37.1 Å². The van der Waals surface area contributed by atoms with Crippen molar-refractivity contribution in [2.45, 2.75) is 20.0 Å². The highest BCUT2D eigenvalue weighted by Crippen LogP contribution is 2.33. The molecule has 5 rings (SSSR count). The maximum Gasteiger partial charge on any atom is 0.416 e. The minimum absolute atomic E-state index is 0.0305. The summed E-state index contributed by atoms with van der Waals surface area (Å²) in [4.78, 5) is 23.5. The van der Waals surface area contributed by atoms with Crippen LogP contribution in [0.5, 0.6) is 0 Å². The fourth-order valence-electron chi connectivity index (χ4n) is 4.20. The Labute approximate surface area is 182 Å². The zero-order chi connectivity index (χ0) is 22.6. The average Bonchev–Trinajstić information content (AvgIpc) is 3.14. The Morgan fingerprint density at radius 1 is 1.06 bits per heavy atom.